The Hall–Kier alpha value is -2.76. The molecule has 0 saturated heterocycles. The fraction of sp³-hybridized carbons (Fsp3) is 0.133. The number of nitrogens with one attached hydrogen (secondary N) is 1. The van der Waals surface area contributed by atoms with Crippen LogP contribution < -0.4 is 5.32 Å². The van der Waals surface area contributed by atoms with Crippen molar-refractivity contribution in [2.45, 2.75) is 13.5 Å². The molecule has 0 aromatic heterocycles. The van der Waals surface area contributed by atoms with Gasteiger partial charge >= 0.3 is 0 Å². The molecule has 2 aromatic carbocycles. The summed E-state index contributed by atoms with van der Waals surface area (Å²) in [6, 6.07) is 10.1. The molecule has 5 nitrogen and oxygen atoms in total. The largest absolute Gasteiger partial charge is 0.348 e. The number of hydrogen-bond acceptors (Lipinski definition) is 3. The Labute approximate surface area is 120 Å². The Morgan fingerprint density at radius 2 is 2.05 bits per heavy atom. The topological polar surface area (TPSA) is 72.2 Å². The molecule has 0 heterocycles. The molecule has 2 aromatic rings. The molecule has 2 rings (SSSR count). The molecule has 6 heteroatoms. The molecule has 21 heavy (non-hydrogen) atoms. The van der Waals surface area contributed by atoms with Crippen LogP contribution >= 0.6 is 0 Å². The van der Waals surface area contributed by atoms with Crippen molar-refractivity contribution < 1.29 is 14.1 Å². The predicted octanol–water partition coefficient (Wildman–Crippen LogP) is 2.97. The van der Waals surface area contributed by atoms with Gasteiger partial charge in [-0.05, 0) is 36.2 Å². The molecule has 0 saturated carbocycles. The van der Waals surface area contributed by atoms with Crippen molar-refractivity contribution in [3.63, 3.8) is 0 Å². The second-order valence-corrected chi connectivity index (χ2v) is 4.57. The molecule has 1 amide bonds. The van der Waals surface area contributed by atoms with Gasteiger partial charge in [-0.3, -0.25) is 14.9 Å². The van der Waals surface area contributed by atoms with E-state index in [1.807, 2.05) is 0 Å². The van der Waals surface area contributed by atoms with Crippen molar-refractivity contribution in [2.75, 3.05) is 0 Å². The summed E-state index contributed by atoms with van der Waals surface area (Å²) < 4.78 is 13.1. The lowest BCUT2D eigenvalue weighted by Gasteiger charge is -2.06. The standard InChI is InChI=1S/C15H13FN2O3/c1-10-7-12(5-6-14(10)16)15(19)17-9-11-3-2-4-13(8-11)18(20)21/h2-8H,9H2,1H3,(H,17,19). The van der Waals surface area contributed by atoms with Gasteiger partial charge in [0.1, 0.15) is 5.82 Å². The number of benzene rings is 2. The number of non-ortho nitro benzene ring substituents is 1. The maximum absolute atomic E-state index is 13.1. The molecule has 0 spiro atoms. The first-order valence-electron chi connectivity index (χ1n) is 6.25. The van der Waals surface area contributed by atoms with Crippen LogP contribution in [0.3, 0.4) is 0 Å². The molecule has 0 unspecified atom stereocenters. The zero-order valence-corrected chi connectivity index (χ0v) is 11.3. The van der Waals surface area contributed by atoms with Crippen LogP contribution in [0.5, 0.6) is 0 Å². The van der Waals surface area contributed by atoms with E-state index in [-0.39, 0.29) is 24.0 Å². The van der Waals surface area contributed by atoms with Crippen molar-refractivity contribution in [1.82, 2.24) is 5.32 Å². The number of nitro benzene ring substituents is 1. The zero-order chi connectivity index (χ0) is 15.4. The lowest BCUT2D eigenvalue weighted by molar-refractivity contribution is -0.384. The van der Waals surface area contributed by atoms with Crippen molar-refractivity contribution >= 4 is 11.6 Å². The number of rotatable bonds is 4. The Morgan fingerprint density at radius 1 is 1.29 bits per heavy atom. The van der Waals surface area contributed by atoms with Gasteiger partial charge in [-0.2, -0.15) is 0 Å². The maximum Gasteiger partial charge on any atom is 0.269 e. The monoisotopic (exact) mass is 288 g/mol. The van der Waals surface area contributed by atoms with Crippen LogP contribution in [-0.2, 0) is 6.54 Å². The molecule has 0 aliphatic carbocycles. The minimum absolute atomic E-state index is 0.0284. The summed E-state index contributed by atoms with van der Waals surface area (Å²) in [5, 5.41) is 13.3. The van der Waals surface area contributed by atoms with E-state index in [0.717, 1.165) is 0 Å². The molecule has 0 atom stereocenters. The molecule has 1 N–H and O–H groups in total. The first kappa shape index (κ1) is 14.6. The maximum atomic E-state index is 13.1. The first-order chi connectivity index (χ1) is 9.97. The van der Waals surface area contributed by atoms with Gasteiger partial charge in [-0.15, -0.1) is 0 Å². The summed E-state index contributed by atoms with van der Waals surface area (Å²) in [6.45, 7) is 1.74. The van der Waals surface area contributed by atoms with Gasteiger partial charge < -0.3 is 5.32 Å². The van der Waals surface area contributed by atoms with Crippen molar-refractivity contribution in [2.24, 2.45) is 0 Å². The summed E-state index contributed by atoms with van der Waals surface area (Å²) in [5.74, 6) is -0.727. The van der Waals surface area contributed by atoms with E-state index in [1.54, 1.807) is 19.1 Å². The smallest absolute Gasteiger partial charge is 0.269 e. The van der Waals surface area contributed by atoms with E-state index in [2.05, 4.69) is 5.32 Å². The number of nitrogens with zero attached hydrogens (tertiary/aromatic N) is 1. The van der Waals surface area contributed by atoms with E-state index < -0.39 is 4.92 Å². The van der Waals surface area contributed by atoms with Gasteiger partial charge in [0, 0.05) is 24.2 Å². The van der Waals surface area contributed by atoms with E-state index in [9.17, 15) is 19.3 Å². The van der Waals surface area contributed by atoms with Crippen LogP contribution in [-0.4, -0.2) is 10.8 Å². The number of nitro groups is 1. The summed E-state index contributed by atoms with van der Waals surface area (Å²) in [6.07, 6.45) is 0. The van der Waals surface area contributed by atoms with E-state index >= 15 is 0 Å². The molecular formula is C15H13FN2O3. The highest BCUT2D eigenvalue weighted by molar-refractivity contribution is 5.94. The van der Waals surface area contributed by atoms with Gasteiger partial charge in [0.2, 0.25) is 0 Å². The summed E-state index contributed by atoms with van der Waals surface area (Å²) in [7, 11) is 0. The number of amides is 1. The second-order valence-electron chi connectivity index (χ2n) is 4.57. The zero-order valence-electron chi connectivity index (χ0n) is 11.3. The van der Waals surface area contributed by atoms with Gasteiger partial charge in [0.15, 0.2) is 0 Å². The van der Waals surface area contributed by atoms with Crippen LogP contribution in [0.1, 0.15) is 21.5 Å². The van der Waals surface area contributed by atoms with Crippen LogP contribution in [0.25, 0.3) is 0 Å². The SMILES string of the molecule is Cc1cc(C(=O)NCc2cccc([N+](=O)[O-])c2)ccc1F. The minimum Gasteiger partial charge on any atom is -0.348 e. The normalized spacial score (nSPS) is 10.2. The Kier molecular flexibility index (Phi) is 4.27. The lowest BCUT2D eigenvalue weighted by Crippen LogP contribution is -2.22. The molecule has 0 aliphatic heterocycles. The Balaban J connectivity index is 2.05. The summed E-state index contributed by atoms with van der Waals surface area (Å²) in [5.41, 5.74) is 1.33. The van der Waals surface area contributed by atoms with Crippen LogP contribution in [0.4, 0.5) is 10.1 Å². The molecule has 108 valence electrons. The van der Waals surface area contributed by atoms with Crippen molar-refractivity contribution in [1.29, 1.82) is 0 Å². The number of aryl methyl sites for hydroxylation is 1. The van der Waals surface area contributed by atoms with E-state index in [0.29, 0.717) is 16.7 Å². The highest BCUT2D eigenvalue weighted by atomic mass is 19.1. The van der Waals surface area contributed by atoms with E-state index in [4.69, 9.17) is 0 Å². The third kappa shape index (κ3) is 3.62. The number of halogens is 1. The Bertz CT molecular complexity index is 701. The quantitative estimate of drug-likeness (QED) is 0.694. The molecule has 0 fully saturated rings. The summed E-state index contributed by atoms with van der Waals surface area (Å²) >= 11 is 0. The van der Waals surface area contributed by atoms with E-state index in [1.165, 1.54) is 30.3 Å². The van der Waals surface area contributed by atoms with Crippen molar-refractivity contribution in [3.8, 4) is 0 Å². The Morgan fingerprint density at radius 3 is 2.71 bits per heavy atom. The second kappa shape index (κ2) is 6.13. The lowest BCUT2D eigenvalue weighted by atomic mass is 10.1. The average molecular weight is 288 g/mol. The average Bonchev–Trinajstić information content (AvgIpc) is 2.48. The highest BCUT2D eigenvalue weighted by Gasteiger charge is 2.09. The molecule has 0 aliphatic rings. The third-order valence-corrected chi connectivity index (χ3v) is 2.99. The fourth-order valence-corrected chi connectivity index (χ4v) is 1.85. The van der Waals surface area contributed by atoms with Gasteiger partial charge in [-0.1, -0.05) is 12.1 Å². The fourth-order valence-electron chi connectivity index (χ4n) is 1.85. The molecule has 0 radical (unpaired) electrons. The number of carbonyl (C=O) groups is 1. The number of carbonyl (C=O) groups excluding carboxylic acids is 1. The predicted molar refractivity (Wildman–Crippen MR) is 75.4 cm³/mol. The summed E-state index contributed by atoms with van der Waals surface area (Å²) in [4.78, 5) is 22.1. The number of hydrogen-bond donors (Lipinski definition) is 1. The van der Waals surface area contributed by atoms with Gasteiger partial charge in [-0.25, -0.2) is 4.39 Å². The van der Waals surface area contributed by atoms with Crippen LogP contribution in [0, 0.1) is 22.9 Å². The van der Waals surface area contributed by atoms with Gasteiger partial charge in [0.05, 0.1) is 4.92 Å². The first-order valence-corrected chi connectivity index (χ1v) is 6.25. The molecule has 0 bridgehead atoms. The minimum atomic E-state index is -0.491. The van der Waals surface area contributed by atoms with Gasteiger partial charge in [0.25, 0.3) is 11.6 Å². The highest BCUT2D eigenvalue weighted by Crippen LogP contribution is 2.13. The molecular weight excluding hydrogens is 275 g/mol. The third-order valence-electron chi connectivity index (χ3n) is 2.99. The van der Waals surface area contributed by atoms with Crippen molar-refractivity contribution in [3.05, 3.63) is 75.1 Å². The van der Waals surface area contributed by atoms with Crippen LogP contribution in [0.2, 0.25) is 0 Å². The van der Waals surface area contributed by atoms with Crippen LogP contribution in [0.15, 0.2) is 42.5 Å².